The molecular weight excluding hydrogens is 444 g/mol. The normalized spacial score (nSPS) is 17.7. The number of benzene rings is 1. The van der Waals surface area contributed by atoms with E-state index in [2.05, 4.69) is 23.7 Å². The molecule has 0 saturated carbocycles. The molecule has 1 N–H and O–H groups in total. The van der Waals surface area contributed by atoms with Gasteiger partial charge in [0.2, 0.25) is 0 Å². The smallest absolute Gasteiger partial charge is 0.295 e. The van der Waals surface area contributed by atoms with Crippen LogP contribution < -0.4 is 4.74 Å². The minimum Gasteiger partial charge on any atom is -0.505 e. The molecule has 1 aliphatic rings. The molecule has 1 aliphatic heterocycles. The van der Waals surface area contributed by atoms with Gasteiger partial charge in [0, 0.05) is 19.3 Å². The summed E-state index contributed by atoms with van der Waals surface area (Å²) < 4.78 is 7.27. The topological polar surface area (TPSA) is 87.4 Å². The van der Waals surface area contributed by atoms with E-state index in [0.717, 1.165) is 18.7 Å². The van der Waals surface area contributed by atoms with Gasteiger partial charge in [0.05, 0.1) is 24.4 Å². The molecule has 1 fully saturated rings. The number of ketones is 1. The number of imidazole rings is 1. The number of aliphatic hydroxyl groups excluding tert-OH is 1. The standard InChI is InChI=1S/C27H32N4O4/c1-6-29(7-2)14-15-31-23(19-11-8-12-20(16-19)35-5)21(25(33)27(31)34)24(32)22-18(4)30-13-9-10-17(3)26(30)28-22/h8-13,16,23,32H,6-7,14-15H2,1-5H3. The van der Waals surface area contributed by atoms with Crippen molar-refractivity contribution in [3.8, 4) is 5.75 Å². The molecule has 2 aromatic heterocycles. The predicted molar refractivity (Wildman–Crippen MR) is 134 cm³/mol. The molecule has 1 aromatic carbocycles. The van der Waals surface area contributed by atoms with Crippen molar-refractivity contribution in [3.05, 3.63) is 70.7 Å². The monoisotopic (exact) mass is 476 g/mol. The molecule has 8 nitrogen and oxygen atoms in total. The Morgan fingerprint density at radius 3 is 2.54 bits per heavy atom. The van der Waals surface area contributed by atoms with E-state index in [4.69, 9.17) is 4.74 Å². The largest absolute Gasteiger partial charge is 0.505 e. The van der Waals surface area contributed by atoms with Gasteiger partial charge in [-0.3, -0.25) is 9.59 Å². The van der Waals surface area contributed by atoms with E-state index in [1.54, 1.807) is 24.1 Å². The number of pyridine rings is 1. The van der Waals surface area contributed by atoms with E-state index < -0.39 is 17.7 Å². The van der Waals surface area contributed by atoms with Crippen molar-refractivity contribution in [2.24, 2.45) is 0 Å². The van der Waals surface area contributed by atoms with Crippen LogP contribution in [0.3, 0.4) is 0 Å². The first-order valence-electron chi connectivity index (χ1n) is 11.9. The zero-order valence-corrected chi connectivity index (χ0v) is 20.9. The Bertz CT molecular complexity index is 1310. The molecule has 1 unspecified atom stereocenters. The van der Waals surface area contributed by atoms with Crippen LogP contribution in [-0.4, -0.2) is 69.3 Å². The van der Waals surface area contributed by atoms with Crippen molar-refractivity contribution >= 4 is 23.1 Å². The summed E-state index contributed by atoms with van der Waals surface area (Å²) in [6, 6.07) is 10.4. The van der Waals surface area contributed by atoms with Gasteiger partial charge in [-0.1, -0.05) is 32.0 Å². The minimum atomic E-state index is -0.744. The molecule has 4 rings (SSSR count). The summed E-state index contributed by atoms with van der Waals surface area (Å²) in [5.41, 5.74) is 3.38. The van der Waals surface area contributed by atoms with Crippen LogP contribution in [0, 0.1) is 13.8 Å². The van der Waals surface area contributed by atoms with E-state index >= 15 is 0 Å². The Balaban J connectivity index is 1.88. The number of amides is 1. The second-order valence-electron chi connectivity index (χ2n) is 8.73. The number of nitrogens with zero attached hydrogens (tertiary/aromatic N) is 4. The Morgan fingerprint density at radius 1 is 1.14 bits per heavy atom. The van der Waals surface area contributed by atoms with Gasteiger partial charge in [0.1, 0.15) is 17.1 Å². The maximum Gasteiger partial charge on any atom is 0.295 e. The SMILES string of the molecule is CCN(CC)CCN1C(=O)C(=O)C(=C(O)c2nc3c(C)cccn3c2C)C1c1cccc(OC)c1. The highest BCUT2D eigenvalue weighted by Crippen LogP contribution is 2.40. The number of rotatable bonds is 8. The molecular formula is C27H32N4O4. The Hall–Kier alpha value is -3.65. The molecule has 184 valence electrons. The number of hydrogen-bond donors (Lipinski definition) is 1. The molecule has 3 heterocycles. The van der Waals surface area contributed by atoms with Crippen molar-refractivity contribution in [1.82, 2.24) is 19.2 Å². The van der Waals surface area contributed by atoms with E-state index in [-0.39, 0.29) is 11.3 Å². The lowest BCUT2D eigenvalue weighted by Gasteiger charge is -2.28. The average molecular weight is 477 g/mol. The molecule has 1 atom stereocenters. The number of likely N-dealkylation sites (tertiary alicyclic amines) is 1. The number of aromatic nitrogens is 2. The van der Waals surface area contributed by atoms with Crippen LogP contribution in [0.5, 0.6) is 5.75 Å². The third kappa shape index (κ3) is 4.30. The summed E-state index contributed by atoms with van der Waals surface area (Å²) in [6.07, 6.45) is 1.86. The summed E-state index contributed by atoms with van der Waals surface area (Å²) in [5.74, 6) is -0.981. The second kappa shape index (κ2) is 9.92. The lowest BCUT2D eigenvalue weighted by Crippen LogP contribution is -2.38. The number of hydrogen-bond acceptors (Lipinski definition) is 6. The Morgan fingerprint density at radius 2 is 1.89 bits per heavy atom. The number of carbonyl (C=O) groups is 2. The number of carbonyl (C=O) groups excluding carboxylic acids is 2. The quantitative estimate of drug-likeness (QED) is 0.303. The van der Waals surface area contributed by atoms with E-state index in [0.29, 0.717) is 41.4 Å². The average Bonchev–Trinajstić information content (AvgIpc) is 3.34. The first-order valence-corrected chi connectivity index (χ1v) is 11.9. The van der Waals surface area contributed by atoms with Crippen molar-refractivity contribution in [3.63, 3.8) is 0 Å². The zero-order chi connectivity index (χ0) is 25.3. The van der Waals surface area contributed by atoms with Gasteiger partial charge in [-0.05, 0) is 56.3 Å². The molecule has 35 heavy (non-hydrogen) atoms. The lowest BCUT2D eigenvalue weighted by atomic mass is 9.96. The van der Waals surface area contributed by atoms with E-state index in [9.17, 15) is 14.7 Å². The molecule has 3 aromatic rings. The first-order chi connectivity index (χ1) is 16.8. The highest BCUT2D eigenvalue weighted by molar-refractivity contribution is 6.46. The fraction of sp³-hybridized carbons (Fsp3) is 0.370. The van der Waals surface area contributed by atoms with Gasteiger partial charge in [0.15, 0.2) is 5.76 Å². The highest BCUT2D eigenvalue weighted by atomic mass is 16.5. The van der Waals surface area contributed by atoms with Gasteiger partial charge < -0.3 is 24.0 Å². The minimum absolute atomic E-state index is 0.0481. The molecule has 1 saturated heterocycles. The molecule has 0 spiro atoms. The molecule has 0 radical (unpaired) electrons. The van der Waals surface area contributed by atoms with Crippen LogP contribution >= 0.6 is 0 Å². The number of aryl methyl sites for hydroxylation is 2. The summed E-state index contributed by atoms with van der Waals surface area (Å²) >= 11 is 0. The third-order valence-electron chi connectivity index (χ3n) is 6.81. The van der Waals surface area contributed by atoms with Gasteiger partial charge in [-0.2, -0.15) is 0 Å². The number of aliphatic hydroxyl groups is 1. The molecule has 1 amide bonds. The molecule has 0 bridgehead atoms. The number of likely N-dealkylation sites (N-methyl/N-ethyl adjacent to an activating group) is 1. The zero-order valence-electron chi connectivity index (χ0n) is 20.9. The van der Waals surface area contributed by atoms with E-state index in [1.165, 1.54) is 0 Å². The van der Waals surface area contributed by atoms with E-state index in [1.807, 2.05) is 48.7 Å². The van der Waals surface area contributed by atoms with Crippen molar-refractivity contribution in [2.75, 3.05) is 33.3 Å². The fourth-order valence-corrected chi connectivity index (χ4v) is 4.73. The number of fused-ring (bicyclic) bond motifs is 1. The van der Waals surface area contributed by atoms with Crippen LogP contribution in [0.1, 0.15) is 42.4 Å². The first kappa shape index (κ1) is 24.5. The predicted octanol–water partition coefficient (Wildman–Crippen LogP) is 3.72. The summed E-state index contributed by atoms with van der Waals surface area (Å²) in [4.78, 5) is 35.0. The van der Waals surface area contributed by atoms with Crippen molar-refractivity contribution in [1.29, 1.82) is 0 Å². The Kier molecular flexibility index (Phi) is 6.93. The third-order valence-corrected chi connectivity index (χ3v) is 6.81. The van der Waals surface area contributed by atoms with Crippen LogP contribution in [0.2, 0.25) is 0 Å². The number of ether oxygens (including phenoxy) is 1. The summed E-state index contributed by atoms with van der Waals surface area (Å²) in [5, 5.41) is 11.5. The van der Waals surface area contributed by atoms with Crippen molar-refractivity contribution < 1.29 is 19.4 Å². The van der Waals surface area contributed by atoms with Crippen molar-refractivity contribution in [2.45, 2.75) is 33.7 Å². The number of methoxy groups -OCH3 is 1. The van der Waals surface area contributed by atoms with Crippen LogP contribution in [0.25, 0.3) is 11.4 Å². The van der Waals surface area contributed by atoms with Crippen LogP contribution in [0.4, 0.5) is 0 Å². The lowest BCUT2D eigenvalue weighted by molar-refractivity contribution is -0.140. The number of Topliss-reactive ketones (excluding diaryl/α,β-unsaturated/α-hetero) is 1. The van der Waals surface area contributed by atoms with Crippen LogP contribution in [0.15, 0.2) is 48.2 Å². The maximum absolute atomic E-state index is 13.4. The van der Waals surface area contributed by atoms with Gasteiger partial charge in [0.25, 0.3) is 11.7 Å². The molecule has 0 aliphatic carbocycles. The fourth-order valence-electron chi connectivity index (χ4n) is 4.73. The highest BCUT2D eigenvalue weighted by Gasteiger charge is 2.46. The maximum atomic E-state index is 13.4. The van der Waals surface area contributed by atoms with Gasteiger partial charge in [-0.25, -0.2) is 4.98 Å². The molecule has 8 heteroatoms. The van der Waals surface area contributed by atoms with Gasteiger partial charge >= 0.3 is 0 Å². The van der Waals surface area contributed by atoms with Crippen LogP contribution in [-0.2, 0) is 9.59 Å². The Labute approximate surface area is 205 Å². The second-order valence-corrected chi connectivity index (χ2v) is 8.73. The summed E-state index contributed by atoms with van der Waals surface area (Å²) in [6.45, 7) is 10.5. The summed E-state index contributed by atoms with van der Waals surface area (Å²) in [7, 11) is 1.57. The van der Waals surface area contributed by atoms with Gasteiger partial charge in [-0.15, -0.1) is 0 Å².